The van der Waals surface area contributed by atoms with Crippen molar-refractivity contribution in [1.29, 1.82) is 0 Å². The Morgan fingerprint density at radius 2 is 1.31 bits per heavy atom. The lowest BCUT2D eigenvalue weighted by atomic mass is 10.1. The van der Waals surface area contributed by atoms with Gasteiger partial charge in [-0.05, 0) is 56.7 Å². The summed E-state index contributed by atoms with van der Waals surface area (Å²) in [7, 11) is 0. The Kier molecular flexibility index (Phi) is 15.3. The van der Waals surface area contributed by atoms with E-state index in [9.17, 15) is 24.0 Å². The Morgan fingerprint density at radius 3 is 1.87 bits per heavy atom. The first kappa shape index (κ1) is 40.7. The van der Waals surface area contributed by atoms with Crippen LogP contribution < -0.4 is 11.1 Å². The molecule has 4 rings (SSSR count). The number of benzene rings is 3. The fourth-order valence-electron chi connectivity index (χ4n) is 5.14. The van der Waals surface area contributed by atoms with Gasteiger partial charge in [0.15, 0.2) is 0 Å². The number of carbonyl (C=O) groups excluding carboxylic acids is 5. The van der Waals surface area contributed by atoms with Crippen molar-refractivity contribution in [2.75, 3.05) is 6.54 Å². The van der Waals surface area contributed by atoms with E-state index in [0.717, 1.165) is 15.7 Å². The third-order valence-corrected chi connectivity index (χ3v) is 7.82. The molecule has 14 nitrogen and oxygen atoms in total. The van der Waals surface area contributed by atoms with Crippen molar-refractivity contribution in [1.82, 2.24) is 19.8 Å². The topological polar surface area (TPSA) is 181 Å². The van der Waals surface area contributed by atoms with Gasteiger partial charge < -0.3 is 30.0 Å². The number of amides is 3. The van der Waals surface area contributed by atoms with Crippen LogP contribution in [-0.4, -0.2) is 68.8 Å². The second-order valence-corrected chi connectivity index (χ2v) is 13.4. The number of hydrogen-bond acceptors (Lipinski definition) is 11. The molecule has 0 bridgehead atoms. The van der Waals surface area contributed by atoms with Gasteiger partial charge in [0, 0.05) is 19.2 Å². The maximum atomic E-state index is 14.1. The summed E-state index contributed by atoms with van der Waals surface area (Å²) in [5.41, 5.74) is 7.96. The van der Waals surface area contributed by atoms with E-state index >= 15 is 0 Å². The summed E-state index contributed by atoms with van der Waals surface area (Å²) >= 11 is 0. The zero-order chi connectivity index (χ0) is 38.9. The molecule has 4 aromatic rings. The average molecular weight is 742 g/mol. The number of nitrogens with two attached hydrogens (primary N) is 1. The fourth-order valence-corrected chi connectivity index (χ4v) is 5.14. The molecule has 0 saturated heterocycles. The third-order valence-electron chi connectivity index (χ3n) is 7.82. The molecule has 286 valence electrons. The molecule has 0 saturated carbocycles. The molecule has 1 aromatic heterocycles. The van der Waals surface area contributed by atoms with Gasteiger partial charge in [-0.15, -0.1) is 0 Å². The third kappa shape index (κ3) is 13.5. The van der Waals surface area contributed by atoms with Gasteiger partial charge in [0.25, 0.3) is 0 Å². The number of unbranched alkanes of at least 4 members (excludes halogenated alkanes) is 1. The molecule has 0 radical (unpaired) electrons. The second kappa shape index (κ2) is 20.3. The number of ether oxygens (including phenoxy) is 4. The molecular weight excluding hydrogens is 694 g/mol. The Balaban J connectivity index is 1.44. The smallest absolute Gasteiger partial charge is 0.419 e. The van der Waals surface area contributed by atoms with Crippen molar-refractivity contribution in [2.24, 2.45) is 5.73 Å². The summed E-state index contributed by atoms with van der Waals surface area (Å²) in [4.78, 5) is 71.3. The summed E-state index contributed by atoms with van der Waals surface area (Å²) in [6, 6.07) is 24.5. The van der Waals surface area contributed by atoms with E-state index in [1.54, 1.807) is 45.0 Å². The van der Waals surface area contributed by atoms with Crippen molar-refractivity contribution in [2.45, 2.75) is 84.0 Å². The van der Waals surface area contributed by atoms with E-state index in [-0.39, 0.29) is 44.9 Å². The first-order valence-corrected chi connectivity index (χ1v) is 17.6. The monoisotopic (exact) mass is 741 g/mol. The molecule has 0 aliphatic heterocycles. The first-order valence-electron chi connectivity index (χ1n) is 17.6. The second-order valence-electron chi connectivity index (χ2n) is 13.4. The molecule has 0 aliphatic carbocycles. The van der Waals surface area contributed by atoms with E-state index in [4.69, 9.17) is 24.7 Å². The van der Waals surface area contributed by atoms with E-state index in [1.165, 1.54) is 12.5 Å². The van der Waals surface area contributed by atoms with Crippen LogP contribution in [0.3, 0.4) is 0 Å². The number of nitrogens with one attached hydrogen (secondary N) is 1. The number of imide groups is 1. The van der Waals surface area contributed by atoms with Gasteiger partial charge in [0.1, 0.15) is 37.8 Å². The minimum atomic E-state index is -1.42. The van der Waals surface area contributed by atoms with Crippen molar-refractivity contribution in [3.8, 4) is 0 Å². The molecule has 3 amide bonds. The maximum absolute atomic E-state index is 14.1. The summed E-state index contributed by atoms with van der Waals surface area (Å²) in [6.07, 6.45) is 0.704. The first-order chi connectivity index (χ1) is 25.9. The summed E-state index contributed by atoms with van der Waals surface area (Å²) < 4.78 is 22.9. The predicted molar refractivity (Wildman–Crippen MR) is 198 cm³/mol. The minimum absolute atomic E-state index is 0.0199. The van der Waals surface area contributed by atoms with E-state index < -0.39 is 47.8 Å². The highest BCUT2D eigenvalue weighted by Gasteiger charge is 2.40. The summed E-state index contributed by atoms with van der Waals surface area (Å²) in [6.45, 7) is 5.13. The van der Waals surface area contributed by atoms with Crippen LogP contribution >= 0.6 is 0 Å². The van der Waals surface area contributed by atoms with Crippen LogP contribution in [0.25, 0.3) is 0 Å². The van der Waals surface area contributed by atoms with Crippen LogP contribution in [0, 0.1) is 0 Å². The van der Waals surface area contributed by atoms with Crippen molar-refractivity contribution in [3.05, 3.63) is 126 Å². The number of nitrogens with zero attached hydrogens (tertiary/aromatic N) is 3. The van der Waals surface area contributed by atoms with Crippen molar-refractivity contribution >= 4 is 30.2 Å². The highest BCUT2D eigenvalue weighted by molar-refractivity contribution is 5.99. The van der Waals surface area contributed by atoms with Crippen molar-refractivity contribution < 1.29 is 42.9 Å². The Bertz CT molecular complexity index is 1810. The zero-order valence-electron chi connectivity index (χ0n) is 30.7. The van der Waals surface area contributed by atoms with Gasteiger partial charge in [0.2, 0.25) is 5.91 Å². The van der Waals surface area contributed by atoms with Gasteiger partial charge in [-0.1, -0.05) is 91.0 Å². The van der Waals surface area contributed by atoms with Crippen LogP contribution in [0.15, 0.2) is 104 Å². The highest BCUT2D eigenvalue weighted by atomic mass is 16.6. The summed E-state index contributed by atoms with van der Waals surface area (Å²) in [5.74, 6) is -1.75. The van der Waals surface area contributed by atoms with Gasteiger partial charge in [-0.2, -0.15) is 0 Å². The molecule has 0 spiro atoms. The van der Waals surface area contributed by atoms with Crippen LogP contribution in [0.5, 0.6) is 0 Å². The molecule has 0 fully saturated rings. The molecule has 2 atom stereocenters. The van der Waals surface area contributed by atoms with Crippen molar-refractivity contribution in [3.63, 3.8) is 0 Å². The fraction of sp³-hybridized carbons (Fsp3) is 0.350. The highest BCUT2D eigenvalue weighted by Crippen LogP contribution is 2.20. The predicted octanol–water partition coefficient (Wildman–Crippen LogP) is 5.91. The number of aromatic nitrogens is 2. The number of esters is 1. The zero-order valence-corrected chi connectivity index (χ0v) is 30.7. The average Bonchev–Trinajstić information content (AvgIpc) is 3.63. The van der Waals surface area contributed by atoms with Gasteiger partial charge in [0.05, 0.1) is 11.7 Å². The molecule has 0 aliphatic rings. The normalized spacial score (nSPS) is 12.1. The molecule has 14 heteroatoms. The van der Waals surface area contributed by atoms with Crippen LogP contribution in [-0.2, 0) is 54.8 Å². The lowest BCUT2D eigenvalue weighted by Gasteiger charge is -2.32. The number of imidazole rings is 1. The van der Waals surface area contributed by atoms with Gasteiger partial charge in [-0.3, -0.25) is 4.79 Å². The standard InChI is InChI=1S/C40H47N5O9/c1-40(2,3)54-39(50)45(35(46)33(41)23-32-24-44(28-43-32)38(49)53-27-31-19-11-6-12-20-31)34(36(47)51-25-29-15-7-4-8-16-29)21-13-14-22-42-37(48)52-26-30-17-9-5-10-18-30/h4-12,15-20,24,28,33-34H,13-14,21-23,25-27,41H2,1-3H3,(H,42,48)/t33-,34-/m0/s1. The number of hydrogen-bond donors (Lipinski definition) is 2. The van der Waals surface area contributed by atoms with E-state index in [2.05, 4.69) is 10.3 Å². The summed E-state index contributed by atoms with van der Waals surface area (Å²) in [5, 5.41) is 2.67. The Labute approximate surface area is 314 Å². The molecular formula is C40H47N5O9. The van der Waals surface area contributed by atoms with Gasteiger partial charge >= 0.3 is 24.2 Å². The van der Waals surface area contributed by atoms with Crippen LogP contribution in [0.2, 0.25) is 0 Å². The Morgan fingerprint density at radius 1 is 0.778 bits per heavy atom. The molecule has 1 heterocycles. The number of alkyl carbamates (subject to hydrolysis) is 1. The quantitative estimate of drug-likeness (QED) is 0.0792. The van der Waals surface area contributed by atoms with Crippen LogP contribution in [0.1, 0.15) is 62.4 Å². The Hall–Kier alpha value is -6.02. The minimum Gasteiger partial charge on any atom is -0.459 e. The van der Waals surface area contributed by atoms with Gasteiger partial charge in [-0.25, -0.2) is 33.6 Å². The number of rotatable bonds is 16. The molecule has 3 aromatic carbocycles. The lowest BCUT2D eigenvalue weighted by molar-refractivity contribution is -0.156. The molecule has 54 heavy (non-hydrogen) atoms. The number of carbonyl (C=O) groups is 5. The van der Waals surface area contributed by atoms with E-state index in [1.807, 2.05) is 66.7 Å². The molecule has 0 unspecified atom stereocenters. The SMILES string of the molecule is CC(C)(C)OC(=O)N(C(=O)[C@@H](N)Cc1cn(C(=O)OCc2ccccc2)cn1)[C@@H](CCCCNC(=O)OCc1ccccc1)C(=O)OCc1ccccc1. The lowest BCUT2D eigenvalue weighted by Crippen LogP contribution is -2.56. The van der Waals surface area contributed by atoms with Crippen LogP contribution in [0.4, 0.5) is 14.4 Å². The maximum Gasteiger partial charge on any atom is 0.419 e. The largest absolute Gasteiger partial charge is 0.459 e. The van der Waals surface area contributed by atoms with E-state index in [0.29, 0.717) is 23.3 Å². The molecule has 3 N–H and O–H groups in total.